The molecular weight excluding hydrogens is 347 g/mol. The zero-order valence-corrected chi connectivity index (χ0v) is 14.1. The molecule has 0 radical (unpaired) electrons. The number of amides is 2. The molecule has 0 aliphatic carbocycles. The maximum absolute atomic E-state index is 13.5. The van der Waals surface area contributed by atoms with Crippen molar-refractivity contribution in [1.29, 1.82) is 0 Å². The Balaban J connectivity index is 1.81. The summed E-state index contributed by atoms with van der Waals surface area (Å²) >= 11 is 5.77. The van der Waals surface area contributed by atoms with E-state index in [1.165, 1.54) is 31.2 Å². The number of hydrogen-bond acceptors (Lipinski definition) is 3. The lowest BCUT2D eigenvalue weighted by Gasteiger charge is -2.15. The third-order valence-corrected chi connectivity index (χ3v) is 3.37. The summed E-state index contributed by atoms with van der Waals surface area (Å²) in [5, 5.41) is 0.595. The van der Waals surface area contributed by atoms with E-state index >= 15 is 0 Å². The van der Waals surface area contributed by atoms with Crippen LogP contribution in [0.3, 0.4) is 0 Å². The predicted molar refractivity (Wildman–Crippen MR) is 93.3 cm³/mol. The lowest BCUT2D eigenvalue weighted by atomic mass is 10.2. The van der Waals surface area contributed by atoms with E-state index in [1.807, 2.05) is 0 Å². The van der Waals surface area contributed by atoms with Crippen molar-refractivity contribution in [3.63, 3.8) is 0 Å². The van der Waals surface area contributed by atoms with Crippen LogP contribution in [0.1, 0.15) is 12.5 Å². The lowest BCUT2D eigenvalue weighted by Crippen LogP contribution is -2.46. The van der Waals surface area contributed by atoms with E-state index in [0.29, 0.717) is 5.02 Å². The normalized spacial score (nSPS) is 11.8. The SMILES string of the molecule is C[C@H](Oc1ccccc1F)C(=O)NNC(=O)/C=C/c1ccc(Cl)cc1. The summed E-state index contributed by atoms with van der Waals surface area (Å²) in [5.74, 6) is -1.76. The third kappa shape index (κ3) is 5.93. The molecule has 2 rings (SSSR count). The van der Waals surface area contributed by atoms with Crippen molar-refractivity contribution in [3.05, 3.63) is 71.0 Å². The molecular formula is C18H16ClFN2O3. The summed E-state index contributed by atoms with van der Waals surface area (Å²) in [7, 11) is 0. The average Bonchev–Trinajstić information content (AvgIpc) is 2.61. The molecule has 0 aliphatic rings. The molecule has 0 heterocycles. The quantitative estimate of drug-likeness (QED) is 0.634. The first-order chi connectivity index (χ1) is 12.0. The number of nitrogens with one attached hydrogen (secondary N) is 2. The van der Waals surface area contributed by atoms with Gasteiger partial charge < -0.3 is 4.74 Å². The highest BCUT2D eigenvalue weighted by molar-refractivity contribution is 6.30. The minimum atomic E-state index is -0.988. The van der Waals surface area contributed by atoms with E-state index in [4.69, 9.17) is 16.3 Å². The Bertz CT molecular complexity index is 778. The minimum absolute atomic E-state index is 0.0425. The molecule has 130 valence electrons. The summed E-state index contributed by atoms with van der Waals surface area (Å²) < 4.78 is 18.7. The van der Waals surface area contributed by atoms with Crippen molar-refractivity contribution >= 4 is 29.5 Å². The van der Waals surface area contributed by atoms with Crippen molar-refractivity contribution in [2.75, 3.05) is 0 Å². The summed E-state index contributed by atoms with van der Waals surface area (Å²) in [6, 6.07) is 12.6. The lowest BCUT2D eigenvalue weighted by molar-refractivity contribution is -0.131. The second-order valence-corrected chi connectivity index (χ2v) is 5.49. The minimum Gasteiger partial charge on any atom is -0.478 e. The molecule has 2 N–H and O–H groups in total. The van der Waals surface area contributed by atoms with Gasteiger partial charge in [-0.2, -0.15) is 0 Å². The molecule has 0 spiro atoms. The fourth-order valence-electron chi connectivity index (χ4n) is 1.80. The monoisotopic (exact) mass is 362 g/mol. The van der Waals surface area contributed by atoms with Crippen molar-refractivity contribution in [3.8, 4) is 5.75 Å². The molecule has 0 saturated heterocycles. The van der Waals surface area contributed by atoms with Gasteiger partial charge in [0.15, 0.2) is 17.7 Å². The van der Waals surface area contributed by atoms with Crippen LogP contribution in [0.4, 0.5) is 4.39 Å². The molecule has 0 bridgehead atoms. The van der Waals surface area contributed by atoms with E-state index in [9.17, 15) is 14.0 Å². The van der Waals surface area contributed by atoms with Gasteiger partial charge in [0, 0.05) is 11.1 Å². The number of ether oxygens (including phenoxy) is 1. The molecule has 5 nitrogen and oxygen atoms in total. The van der Waals surface area contributed by atoms with Gasteiger partial charge in [-0.1, -0.05) is 35.9 Å². The number of hydrogen-bond donors (Lipinski definition) is 2. The molecule has 0 unspecified atom stereocenters. The van der Waals surface area contributed by atoms with Crippen LogP contribution in [0.5, 0.6) is 5.75 Å². The Labute approximate surface area is 149 Å². The number of hydrazine groups is 1. The van der Waals surface area contributed by atoms with E-state index in [2.05, 4.69) is 10.9 Å². The molecule has 0 saturated carbocycles. The molecule has 1 atom stereocenters. The van der Waals surface area contributed by atoms with Crippen LogP contribution in [0, 0.1) is 5.82 Å². The summed E-state index contributed by atoms with van der Waals surface area (Å²) in [6.45, 7) is 1.44. The van der Waals surface area contributed by atoms with Gasteiger partial charge in [-0.15, -0.1) is 0 Å². The van der Waals surface area contributed by atoms with Crippen LogP contribution < -0.4 is 15.6 Å². The highest BCUT2D eigenvalue weighted by atomic mass is 35.5. The second kappa shape index (κ2) is 8.84. The van der Waals surface area contributed by atoms with Crippen molar-refractivity contribution < 1.29 is 18.7 Å². The summed E-state index contributed by atoms with van der Waals surface area (Å²) in [4.78, 5) is 23.5. The average molecular weight is 363 g/mol. The number of benzene rings is 2. The molecule has 25 heavy (non-hydrogen) atoms. The molecule has 0 fully saturated rings. The number of carbonyl (C=O) groups excluding carboxylic acids is 2. The zero-order chi connectivity index (χ0) is 18.2. The number of carbonyl (C=O) groups is 2. The Morgan fingerprint density at radius 2 is 1.80 bits per heavy atom. The van der Waals surface area contributed by atoms with Crippen LogP contribution >= 0.6 is 11.6 Å². The fraction of sp³-hybridized carbons (Fsp3) is 0.111. The van der Waals surface area contributed by atoms with E-state index < -0.39 is 23.7 Å². The van der Waals surface area contributed by atoms with Gasteiger partial charge in [0.1, 0.15) is 0 Å². The predicted octanol–water partition coefficient (Wildman–Crippen LogP) is 3.11. The van der Waals surface area contributed by atoms with Gasteiger partial charge in [-0.25, -0.2) is 4.39 Å². The van der Waals surface area contributed by atoms with Gasteiger partial charge in [-0.05, 0) is 42.8 Å². The second-order valence-electron chi connectivity index (χ2n) is 5.05. The van der Waals surface area contributed by atoms with Gasteiger partial charge in [0.05, 0.1) is 0 Å². The Hall–Kier alpha value is -2.86. The highest BCUT2D eigenvalue weighted by Gasteiger charge is 2.16. The Morgan fingerprint density at radius 1 is 1.12 bits per heavy atom. The van der Waals surface area contributed by atoms with Crippen LogP contribution in [0.25, 0.3) is 6.08 Å². The van der Waals surface area contributed by atoms with Gasteiger partial charge >= 0.3 is 0 Å². The highest BCUT2D eigenvalue weighted by Crippen LogP contribution is 2.16. The molecule has 2 aromatic carbocycles. The van der Waals surface area contributed by atoms with Crippen molar-refractivity contribution in [1.82, 2.24) is 10.9 Å². The Kier molecular flexibility index (Phi) is 6.54. The van der Waals surface area contributed by atoms with Crippen molar-refractivity contribution in [2.24, 2.45) is 0 Å². The zero-order valence-electron chi connectivity index (χ0n) is 13.3. The molecule has 2 amide bonds. The first kappa shape index (κ1) is 18.5. The summed E-state index contributed by atoms with van der Waals surface area (Å²) in [5.41, 5.74) is 5.21. The number of para-hydroxylation sites is 1. The largest absolute Gasteiger partial charge is 0.478 e. The van der Waals surface area contributed by atoms with Gasteiger partial charge in [0.25, 0.3) is 11.8 Å². The van der Waals surface area contributed by atoms with Crippen LogP contribution in [-0.2, 0) is 9.59 Å². The fourth-order valence-corrected chi connectivity index (χ4v) is 1.92. The smallest absolute Gasteiger partial charge is 0.279 e. The number of halogens is 2. The molecule has 7 heteroatoms. The molecule has 2 aromatic rings. The van der Waals surface area contributed by atoms with Crippen LogP contribution in [0.2, 0.25) is 5.02 Å². The van der Waals surface area contributed by atoms with Gasteiger partial charge in [0.2, 0.25) is 0 Å². The number of rotatable bonds is 5. The first-order valence-electron chi connectivity index (χ1n) is 7.40. The van der Waals surface area contributed by atoms with Crippen LogP contribution in [-0.4, -0.2) is 17.9 Å². The molecule has 0 aliphatic heterocycles. The topological polar surface area (TPSA) is 67.4 Å². The van der Waals surface area contributed by atoms with Crippen molar-refractivity contribution in [2.45, 2.75) is 13.0 Å². The van der Waals surface area contributed by atoms with E-state index in [-0.39, 0.29) is 5.75 Å². The van der Waals surface area contributed by atoms with E-state index in [0.717, 1.165) is 5.56 Å². The van der Waals surface area contributed by atoms with Gasteiger partial charge in [-0.3, -0.25) is 20.4 Å². The third-order valence-electron chi connectivity index (χ3n) is 3.12. The summed E-state index contributed by atoms with van der Waals surface area (Å²) in [6.07, 6.45) is 1.83. The Morgan fingerprint density at radius 3 is 2.48 bits per heavy atom. The first-order valence-corrected chi connectivity index (χ1v) is 7.78. The standard InChI is InChI=1S/C18H16ClFN2O3/c1-12(25-16-5-3-2-4-15(16)20)18(24)22-21-17(23)11-8-13-6-9-14(19)10-7-13/h2-12H,1H3,(H,21,23)(H,22,24)/b11-8+/t12-/m0/s1. The maximum atomic E-state index is 13.5. The van der Waals surface area contributed by atoms with Crippen LogP contribution in [0.15, 0.2) is 54.6 Å². The van der Waals surface area contributed by atoms with E-state index in [1.54, 1.807) is 36.4 Å². The molecule has 0 aromatic heterocycles. The maximum Gasteiger partial charge on any atom is 0.279 e.